The number of benzene rings is 2. The molecule has 134 valence electrons. The molecule has 0 fully saturated rings. The zero-order valence-electron chi connectivity index (χ0n) is 15.0. The monoisotopic (exact) mass is 351 g/mol. The van der Waals surface area contributed by atoms with Crippen LogP contribution in [-0.2, 0) is 11.2 Å². The Morgan fingerprint density at radius 1 is 1.23 bits per heavy atom. The van der Waals surface area contributed by atoms with Crippen molar-refractivity contribution in [2.75, 3.05) is 7.11 Å². The first-order chi connectivity index (χ1) is 12.5. The fraction of sp³-hybridized carbons (Fsp3) is 0.250. The summed E-state index contributed by atoms with van der Waals surface area (Å²) in [6, 6.07) is 12.8. The molecule has 0 saturated heterocycles. The summed E-state index contributed by atoms with van der Waals surface area (Å²) < 4.78 is 5.39. The van der Waals surface area contributed by atoms with Crippen molar-refractivity contribution in [2.45, 2.75) is 26.3 Å². The number of H-pyrrole nitrogens is 1. The predicted molar refractivity (Wildman–Crippen MR) is 100 cm³/mol. The lowest BCUT2D eigenvalue weighted by atomic mass is 10.0. The van der Waals surface area contributed by atoms with Crippen LogP contribution >= 0.6 is 0 Å². The van der Waals surface area contributed by atoms with Gasteiger partial charge in [0.15, 0.2) is 0 Å². The van der Waals surface area contributed by atoms with Crippen molar-refractivity contribution in [2.24, 2.45) is 0 Å². The maximum atomic E-state index is 12.5. The molecule has 1 atom stereocenters. The largest absolute Gasteiger partial charge is 0.496 e. The number of amides is 1. The Balaban J connectivity index is 1.81. The van der Waals surface area contributed by atoms with Gasteiger partial charge in [-0.2, -0.15) is 5.10 Å². The van der Waals surface area contributed by atoms with Crippen molar-refractivity contribution in [3.05, 3.63) is 69.6 Å². The summed E-state index contributed by atoms with van der Waals surface area (Å²) in [5.74, 6) is 0.557. The molecule has 1 heterocycles. The van der Waals surface area contributed by atoms with Crippen LogP contribution in [0.4, 0.5) is 0 Å². The van der Waals surface area contributed by atoms with Gasteiger partial charge in [-0.25, -0.2) is 5.10 Å². The highest BCUT2D eigenvalue weighted by Crippen LogP contribution is 2.26. The quantitative estimate of drug-likeness (QED) is 0.740. The van der Waals surface area contributed by atoms with Gasteiger partial charge in [-0.1, -0.05) is 35.9 Å². The minimum atomic E-state index is -0.261. The lowest BCUT2D eigenvalue weighted by Crippen LogP contribution is -2.29. The Bertz CT molecular complexity index is 1010. The number of carbonyl (C=O) groups excluding carboxylic acids is 1. The summed E-state index contributed by atoms with van der Waals surface area (Å²) >= 11 is 0. The van der Waals surface area contributed by atoms with Crippen LogP contribution in [0.3, 0.4) is 0 Å². The molecule has 0 aliphatic carbocycles. The molecular formula is C20H21N3O3. The van der Waals surface area contributed by atoms with Crippen molar-refractivity contribution < 1.29 is 9.53 Å². The van der Waals surface area contributed by atoms with Crippen LogP contribution in [0.25, 0.3) is 10.8 Å². The van der Waals surface area contributed by atoms with Gasteiger partial charge < -0.3 is 10.1 Å². The molecule has 0 aliphatic heterocycles. The topological polar surface area (TPSA) is 84.1 Å². The number of nitrogens with one attached hydrogen (secondary N) is 2. The molecule has 0 saturated carbocycles. The van der Waals surface area contributed by atoms with Gasteiger partial charge in [0.2, 0.25) is 5.91 Å². The minimum absolute atomic E-state index is 0.0791. The Morgan fingerprint density at radius 2 is 1.96 bits per heavy atom. The second-order valence-electron chi connectivity index (χ2n) is 6.26. The maximum Gasteiger partial charge on any atom is 0.272 e. The molecule has 3 aromatic rings. The molecule has 0 radical (unpaired) electrons. The molecule has 6 nitrogen and oxygen atoms in total. The molecule has 0 bridgehead atoms. The van der Waals surface area contributed by atoms with Crippen LogP contribution in [0.5, 0.6) is 5.75 Å². The third-order valence-corrected chi connectivity index (χ3v) is 4.33. The van der Waals surface area contributed by atoms with E-state index in [1.165, 1.54) is 0 Å². The second-order valence-corrected chi connectivity index (χ2v) is 6.26. The zero-order chi connectivity index (χ0) is 18.7. The van der Waals surface area contributed by atoms with Crippen LogP contribution in [0.1, 0.15) is 29.8 Å². The lowest BCUT2D eigenvalue weighted by Gasteiger charge is -2.18. The fourth-order valence-corrected chi connectivity index (χ4v) is 3.02. The molecule has 6 heteroatoms. The zero-order valence-corrected chi connectivity index (χ0v) is 15.0. The highest BCUT2D eigenvalue weighted by molar-refractivity contribution is 5.88. The van der Waals surface area contributed by atoms with E-state index in [1.807, 2.05) is 38.1 Å². The summed E-state index contributed by atoms with van der Waals surface area (Å²) in [6.07, 6.45) is 0.0791. The average molecular weight is 351 g/mol. The van der Waals surface area contributed by atoms with E-state index >= 15 is 0 Å². The summed E-state index contributed by atoms with van der Waals surface area (Å²) in [5.41, 5.74) is 2.29. The lowest BCUT2D eigenvalue weighted by molar-refractivity contribution is -0.121. The summed E-state index contributed by atoms with van der Waals surface area (Å²) in [5, 5.41) is 10.7. The molecule has 2 N–H and O–H groups in total. The second kappa shape index (κ2) is 7.39. The van der Waals surface area contributed by atoms with E-state index in [0.29, 0.717) is 16.5 Å². The van der Waals surface area contributed by atoms with Gasteiger partial charge in [0.25, 0.3) is 5.56 Å². The van der Waals surface area contributed by atoms with Crippen LogP contribution in [0.2, 0.25) is 0 Å². The Morgan fingerprint density at radius 3 is 2.69 bits per heavy atom. The normalized spacial score (nSPS) is 12.0. The number of aryl methyl sites for hydroxylation is 1. The molecule has 3 rings (SSSR count). The van der Waals surface area contributed by atoms with Gasteiger partial charge in [0.05, 0.1) is 30.7 Å². The summed E-state index contributed by atoms with van der Waals surface area (Å²) in [7, 11) is 1.61. The molecule has 0 aliphatic rings. The van der Waals surface area contributed by atoms with Gasteiger partial charge in [-0.15, -0.1) is 0 Å². The number of fused-ring (bicyclic) bond motifs is 1. The van der Waals surface area contributed by atoms with Crippen molar-refractivity contribution in [1.29, 1.82) is 0 Å². The molecule has 2 aromatic carbocycles. The predicted octanol–water partition coefficient (Wildman–Crippen LogP) is 2.66. The van der Waals surface area contributed by atoms with Crippen molar-refractivity contribution >= 4 is 16.7 Å². The van der Waals surface area contributed by atoms with Gasteiger partial charge in [0, 0.05) is 10.9 Å². The van der Waals surface area contributed by atoms with E-state index < -0.39 is 0 Å². The molecule has 1 amide bonds. The number of rotatable bonds is 5. The molecule has 1 aromatic heterocycles. The first-order valence-corrected chi connectivity index (χ1v) is 8.40. The number of hydrogen-bond acceptors (Lipinski definition) is 4. The Kier molecular flexibility index (Phi) is 5.02. The van der Waals surface area contributed by atoms with Gasteiger partial charge >= 0.3 is 0 Å². The number of carbonyl (C=O) groups is 1. The highest BCUT2D eigenvalue weighted by Gasteiger charge is 2.16. The molecule has 1 unspecified atom stereocenters. The number of nitrogens with zero attached hydrogens (tertiary/aromatic N) is 1. The van der Waals surface area contributed by atoms with E-state index in [-0.39, 0.29) is 23.9 Å². The summed E-state index contributed by atoms with van der Waals surface area (Å²) in [6.45, 7) is 3.90. The Hall–Kier alpha value is -3.15. The maximum absolute atomic E-state index is 12.5. The molecule has 26 heavy (non-hydrogen) atoms. The SMILES string of the molecule is COc1ccc(C)cc1C(C)NC(=O)Cc1n[nH]c(=O)c2ccccc12. The molecular weight excluding hydrogens is 330 g/mol. The van der Waals surface area contributed by atoms with Crippen LogP contribution in [-0.4, -0.2) is 23.2 Å². The smallest absolute Gasteiger partial charge is 0.272 e. The number of ether oxygens (including phenoxy) is 1. The standard InChI is InChI=1S/C20H21N3O3/c1-12-8-9-18(26-3)16(10-12)13(2)21-19(24)11-17-14-6-4-5-7-15(14)20(25)23-22-17/h4-10,13H,11H2,1-3H3,(H,21,24)(H,23,25). The van der Waals surface area contributed by atoms with Gasteiger partial charge in [-0.05, 0) is 26.0 Å². The number of aromatic amines is 1. The highest BCUT2D eigenvalue weighted by atomic mass is 16.5. The van der Waals surface area contributed by atoms with Gasteiger partial charge in [0.1, 0.15) is 5.75 Å². The van der Waals surface area contributed by atoms with Crippen molar-refractivity contribution in [3.8, 4) is 5.75 Å². The number of hydrogen-bond donors (Lipinski definition) is 2. The first kappa shape index (κ1) is 17.7. The summed E-state index contributed by atoms with van der Waals surface area (Å²) in [4.78, 5) is 24.4. The Labute approximate surface area is 151 Å². The van der Waals surface area contributed by atoms with Crippen LogP contribution in [0.15, 0.2) is 47.3 Å². The third kappa shape index (κ3) is 3.59. The minimum Gasteiger partial charge on any atom is -0.496 e. The number of methoxy groups -OCH3 is 1. The first-order valence-electron chi connectivity index (χ1n) is 8.40. The van der Waals surface area contributed by atoms with E-state index in [2.05, 4.69) is 15.5 Å². The fourth-order valence-electron chi connectivity index (χ4n) is 3.02. The van der Waals surface area contributed by atoms with Gasteiger partial charge in [-0.3, -0.25) is 9.59 Å². The van der Waals surface area contributed by atoms with Crippen molar-refractivity contribution in [1.82, 2.24) is 15.5 Å². The van der Waals surface area contributed by atoms with E-state index in [9.17, 15) is 9.59 Å². The van der Waals surface area contributed by atoms with Crippen molar-refractivity contribution in [3.63, 3.8) is 0 Å². The third-order valence-electron chi connectivity index (χ3n) is 4.33. The van der Waals surface area contributed by atoms with E-state index in [4.69, 9.17) is 4.74 Å². The van der Waals surface area contributed by atoms with Crippen LogP contribution < -0.4 is 15.6 Å². The van der Waals surface area contributed by atoms with E-state index in [1.54, 1.807) is 25.3 Å². The molecule has 0 spiro atoms. The van der Waals surface area contributed by atoms with Crippen LogP contribution in [0, 0.1) is 6.92 Å². The average Bonchev–Trinajstić information content (AvgIpc) is 2.64. The number of aromatic nitrogens is 2. The van der Waals surface area contributed by atoms with E-state index in [0.717, 1.165) is 16.9 Å².